The van der Waals surface area contributed by atoms with Crippen molar-refractivity contribution in [2.24, 2.45) is 5.92 Å². The molecule has 2 rings (SSSR count). The van der Waals surface area contributed by atoms with Crippen LogP contribution in [0, 0.1) is 5.92 Å². The molecule has 4 heteroatoms. The second-order valence-corrected chi connectivity index (χ2v) is 7.84. The van der Waals surface area contributed by atoms with Crippen molar-refractivity contribution in [1.29, 1.82) is 0 Å². The number of ether oxygens (including phenoxy) is 1. The maximum absolute atomic E-state index is 12.4. The predicted molar refractivity (Wildman–Crippen MR) is 87.0 cm³/mol. The summed E-state index contributed by atoms with van der Waals surface area (Å²) in [4.78, 5) is 21.8. The standard InChI is InChI=1S/C18H28N2O2/c1-10(2)15-13-8-12(17(21)22-18(5,6)7)9-14(13)19-16(20-15)11(3)4/h10-12H,8-9H2,1-7H3. The molecule has 1 aromatic rings. The molecule has 0 amide bonds. The first-order chi connectivity index (χ1) is 10.1. The Morgan fingerprint density at radius 1 is 1.09 bits per heavy atom. The highest BCUT2D eigenvalue weighted by atomic mass is 16.6. The number of rotatable bonds is 3. The van der Waals surface area contributed by atoms with Crippen LogP contribution in [-0.4, -0.2) is 21.5 Å². The van der Waals surface area contributed by atoms with Crippen LogP contribution in [0.15, 0.2) is 0 Å². The van der Waals surface area contributed by atoms with Gasteiger partial charge in [-0.3, -0.25) is 4.79 Å². The molecule has 1 aliphatic rings. The van der Waals surface area contributed by atoms with Gasteiger partial charge in [0, 0.05) is 18.0 Å². The van der Waals surface area contributed by atoms with Crippen LogP contribution < -0.4 is 0 Å². The predicted octanol–water partition coefficient (Wildman–Crippen LogP) is 3.78. The molecule has 0 bridgehead atoms. The van der Waals surface area contributed by atoms with E-state index in [0.29, 0.717) is 24.7 Å². The Kier molecular flexibility index (Phi) is 4.59. The van der Waals surface area contributed by atoms with E-state index in [2.05, 4.69) is 27.7 Å². The molecule has 1 atom stereocenters. The second kappa shape index (κ2) is 5.98. The minimum absolute atomic E-state index is 0.119. The number of carbonyl (C=O) groups is 1. The molecule has 0 spiro atoms. The molecule has 1 heterocycles. The van der Waals surface area contributed by atoms with Gasteiger partial charge in [0.05, 0.1) is 11.6 Å². The van der Waals surface area contributed by atoms with Gasteiger partial charge < -0.3 is 4.74 Å². The molecule has 4 nitrogen and oxygen atoms in total. The Bertz CT molecular complexity index is 571. The van der Waals surface area contributed by atoms with Gasteiger partial charge in [0.2, 0.25) is 0 Å². The lowest BCUT2D eigenvalue weighted by atomic mass is 10.0. The highest BCUT2D eigenvalue weighted by molar-refractivity contribution is 5.75. The fraction of sp³-hybridized carbons (Fsp3) is 0.722. The zero-order chi connectivity index (χ0) is 16.7. The fourth-order valence-electron chi connectivity index (χ4n) is 2.80. The van der Waals surface area contributed by atoms with Crippen LogP contribution in [-0.2, 0) is 22.4 Å². The summed E-state index contributed by atoms with van der Waals surface area (Å²) in [6, 6.07) is 0. The van der Waals surface area contributed by atoms with Crippen LogP contribution in [0.3, 0.4) is 0 Å². The van der Waals surface area contributed by atoms with Crippen molar-refractivity contribution in [3.63, 3.8) is 0 Å². The summed E-state index contributed by atoms with van der Waals surface area (Å²) in [5.74, 6) is 1.28. The Balaban J connectivity index is 2.29. The van der Waals surface area contributed by atoms with Crippen LogP contribution in [0.1, 0.15) is 83.1 Å². The summed E-state index contributed by atoms with van der Waals surface area (Å²) >= 11 is 0. The normalized spacial score (nSPS) is 18.0. The Hall–Kier alpha value is -1.45. The van der Waals surface area contributed by atoms with E-state index in [1.54, 1.807) is 0 Å². The van der Waals surface area contributed by atoms with Crippen LogP contribution in [0.4, 0.5) is 0 Å². The molecule has 122 valence electrons. The number of esters is 1. The number of nitrogens with zero attached hydrogens (tertiary/aromatic N) is 2. The third kappa shape index (κ3) is 3.65. The molecule has 0 N–H and O–H groups in total. The Morgan fingerprint density at radius 3 is 2.23 bits per heavy atom. The van der Waals surface area contributed by atoms with E-state index in [9.17, 15) is 4.79 Å². The summed E-state index contributed by atoms with van der Waals surface area (Å²) in [5, 5.41) is 0. The van der Waals surface area contributed by atoms with Gasteiger partial charge in [-0.1, -0.05) is 27.7 Å². The van der Waals surface area contributed by atoms with E-state index in [0.717, 1.165) is 22.8 Å². The van der Waals surface area contributed by atoms with E-state index in [1.807, 2.05) is 20.8 Å². The lowest BCUT2D eigenvalue weighted by Gasteiger charge is -2.21. The number of hydrogen-bond donors (Lipinski definition) is 0. The number of hydrogen-bond acceptors (Lipinski definition) is 4. The van der Waals surface area contributed by atoms with Crippen molar-refractivity contribution in [3.8, 4) is 0 Å². The molecular formula is C18H28N2O2. The van der Waals surface area contributed by atoms with E-state index < -0.39 is 5.60 Å². The highest BCUT2D eigenvalue weighted by Crippen LogP contribution is 2.33. The zero-order valence-corrected chi connectivity index (χ0v) is 14.9. The van der Waals surface area contributed by atoms with Crippen molar-refractivity contribution in [1.82, 2.24) is 9.97 Å². The maximum atomic E-state index is 12.4. The van der Waals surface area contributed by atoms with E-state index in [4.69, 9.17) is 14.7 Å². The van der Waals surface area contributed by atoms with Gasteiger partial charge >= 0.3 is 5.97 Å². The molecule has 0 saturated heterocycles. The topological polar surface area (TPSA) is 52.1 Å². The first-order valence-corrected chi connectivity index (χ1v) is 8.21. The maximum Gasteiger partial charge on any atom is 0.310 e. The third-order valence-electron chi connectivity index (χ3n) is 3.84. The van der Waals surface area contributed by atoms with Crippen LogP contribution >= 0.6 is 0 Å². The van der Waals surface area contributed by atoms with Gasteiger partial charge in [-0.2, -0.15) is 0 Å². The SMILES string of the molecule is CC(C)c1nc2c(c(C(C)C)n1)CC(C(=O)OC(C)(C)C)C2. The van der Waals surface area contributed by atoms with Crippen LogP contribution in [0.2, 0.25) is 0 Å². The van der Waals surface area contributed by atoms with Gasteiger partial charge in [0.15, 0.2) is 0 Å². The average molecular weight is 304 g/mol. The summed E-state index contributed by atoms with van der Waals surface area (Å²) in [6.45, 7) is 14.2. The van der Waals surface area contributed by atoms with Gasteiger partial charge in [-0.05, 0) is 38.7 Å². The van der Waals surface area contributed by atoms with Gasteiger partial charge in [0.1, 0.15) is 11.4 Å². The molecule has 0 aromatic carbocycles. The first kappa shape index (κ1) is 16.9. The lowest BCUT2D eigenvalue weighted by molar-refractivity contribution is -0.159. The average Bonchev–Trinajstić information content (AvgIpc) is 2.78. The molecule has 1 aliphatic carbocycles. The number of carbonyl (C=O) groups excluding carboxylic acids is 1. The van der Waals surface area contributed by atoms with Crippen molar-refractivity contribution >= 4 is 5.97 Å². The number of fused-ring (bicyclic) bond motifs is 1. The molecule has 0 saturated carbocycles. The molecule has 0 aliphatic heterocycles. The fourth-order valence-corrected chi connectivity index (χ4v) is 2.80. The molecule has 1 unspecified atom stereocenters. The summed E-state index contributed by atoms with van der Waals surface area (Å²) in [6.07, 6.45) is 1.38. The quantitative estimate of drug-likeness (QED) is 0.797. The van der Waals surface area contributed by atoms with Crippen LogP contribution in [0.25, 0.3) is 0 Å². The molecule has 0 fully saturated rings. The van der Waals surface area contributed by atoms with Gasteiger partial charge in [-0.15, -0.1) is 0 Å². The largest absolute Gasteiger partial charge is 0.460 e. The summed E-state index contributed by atoms with van der Waals surface area (Å²) < 4.78 is 5.54. The highest BCUT2D eigenvalue weighted by Gasteiger charge is 2.34. The molecular weight excluding hydrogens is 276 g/mol. The first-order valence-electron chi connectivity index (χ1n) is 8.21. The summed E-state index contributed by atoms with van der Waals surface area (Å²) in [7, 11) is 0. The van der Waals surface area contributed by atoms with E-state index in [1.165, 1.54) is 0 Å². The van der Waals surface area contributed by atoms with Crippen LogP contribution in [0.5, 0.6) is 0 Å². The summed E-state index contributed by atoms with van der Waals surface area (Å²) in [5.41, 5.74) is 2.86. The number of aromatic nitrogens is 2. The Labute approximate surface area is 133 Å². The third-order valence-corrected chi connectivity index (χ3v) is 3.84. The molecule has 22 heavy (non-hydrogen) atoms. The molecule has 1 aromatic heterocycles. The van der Waals surface area contributed by atoms with Crippen molar-refractivity contribution in [3.05, 3.63) is 22.8 Å². The van der Waals surface area contributed by atoms with Crippen molar-refractivity contribution < 1.29 is 9.53 Å². The van der Waals surface area contributed by atoms with Gasteiger partial charge in [0.25, 0.3) is 0 Å². The van der Waals surface area contributed by atoms with Crippen molar-refractivity contribution in [2.75, 3.05) is 0 Å². The van der Waals surface area contributed by atoms with Gasteiger partial charge in [-0.25, -0.2) is 9.97 Å². The lowest BCUT2D eigenvalue weighted by Crippen LogP contribution is -2.29. The zero-order valence-electron chi connectivity index (χ0n) is 14.9. The molecule has 0 radical (unpaired) electrons. The smallest absolute Gasteiger partial charge is 0.310 e. The monoisotopic (exact) mass is 304 g/mol. The Morgan fingerprint density at radius 2 is 1.73 bits per heavy atom. The second-order valence-electron chi connectivity index (χ2n) is 7.84. The minimum atomic E-state index is -0.443. The van der Waals surface area contributed by atoms with E-state index in [-0.39, 0.29) is 11.9 Å². The van der Waals surface area contributed by atoms with E-state index >= 15 is 0 Å². The van der Waals surface area contributed by atoms with Crippen molar-refractivity contribution in [2.45, 2.75) is 78.7 Å². The minimum Gasteiger partial charge on any atom is -0.460 e.